The van der Waals surface area contributed by atoms with Gasteiger partial charge in [0.05, 0.1) is 22.8 Å². The second-order valence-corrected chi connectivity index (χ2v) is 9.50. The first-order chi connectivity index (χ1) is 18.9. The lowest BCUT2D eigenvalue weighted by Gasteiger charge is -2.34. The number of para-hydroxylation sites is 1. The Kier molecular flexibility index (Phi) is 7.87. The highest BCUT2D eigenvalue weighted by Gasteiger charge is 2.25. The van der Waals surface area contributed by atoms with Crippen LogP contribution in [0.4, 0.5) is 30.4 Å². The molecule has 0 saturated carbocycles. The molecule has 39 heavy (non-hydrogen) atoms. The van der Waals surface area contributed by atoms with E-state index in [0.29, 0.717) is 59.7 Å². The van der Waals surface area contributed by atoms with E-state index in [9.17, 15) is 18.0 Å². The number of amides is 1. The Labute approximate surface area is 223 Å². The van der Waals surface area contributed by atoms with Gasteiger partial charge in [-0.25, -0.2) is 28.1 Å². The highest BCUT2D eigenvalue weighted by molar-refractivity contribution is 6.45. The molecule has 2 aliphatic rings. The third-order valence-corrected chi connectivity index (χ3v) is 6.89. The van der Waals surface area contributed by atoms with Crippen LogP contribution in [0.1, 0.15) is 30.5 Å². The molecule has 0 unspecified atom stereocenters. The van der Waals surface area contributed by atoms with Crippen molar-refractivity contribution in [3.8, 4) is 0 Å². The predicted molar refractivity (Wildman–Crippen MR) is 145 cm³/mol. The van der Waals surface area contributed by atoms with Gasteiger partial charge in [-0.3, -0.25) is 4.79 Å². The first-order valence-corrected chi connectivity index (χ1v) is 12.7. The molecule has 2 aromatic carbocycles. The van der Waals surface area contributed by atoms with Gasteiger partial charge in [-0.05, 0) is 55.1 Å². The van der Waals surface area contributed by atoms with Crippen molar-refractivity contribution < 1.29 is 18.0 Å². The number of rotatable bonds is 8. The minimum absolute atomic E-state index is 0.226. The number of aliphatic imine (C=N–C) groups is 1. The van der Waals surface area contributed by atoms with E-state index in [1.807, 2.05) is 4.90 Å². The van der Waals surface area contributed by atoms with Gasteiger partial charge in [0.25, 0.3) is 5.91 Å². The van der Waals surface area contributed by atoms with Crippen molar-refractivity contribution >= 4 is 34.5 Å². The van der Waals surface area contributed by atoms with Gasteiger partial charge in [0.15, 0.2) is 11.6 Å². The van der Waals surface area contributed by atoms with Crippen molar-refractivity contribution in [3.63, 3.8) is 0 Å². The van der Waals surface area contributed by atoms with Gasteiger partial charge in [-0.15, -0.1) is 0 Å². The fraction of sp³-hybridized carbons (Fsp3) is 0.286. The number of hydrogen-bond donors (Lipinski definition) is 3. The first kappa shape index (κ1) is 26.4. The maximum atomic E-state index is 14.9. The zero-order chi connectivity index (χ0) is 27.4. The fourth-order valence-corrected chi connectivity index (χ4v) is 4.70. The lowest BCUT2D eigenvalue weighted by molar-refractivity contribution is -0.110. The summed E-state index contributed by atoms with van der Waals surface area (Å²) in [4.78, 5) is 27.9. The van der Waals surface area contributed by atoms with Crippen LogP contribution in [0.15, 0.2) is 59.9 Å². The minimum Gasteiger partial charge on any atom is -0.367 e. The van der Waals surface area contributed by atoms with Gasteiger partial charge < -0.3 is 21.3 Å². The molecule has 0 bridgehead atoms. The van der Waals surface area contributed by atoms with Gasteiger partial charge in [-0.1, -0.05) is 18.2 Å². The largest absolute Gasteiger partial charge is 0.367 e. The highest BCUT2D eigenvalue weighted by Crippen LogP contribution is 2.33. The number of nitrogens with one attached hydrogen (secondary N) is 2. The average Bonchev–Trinajstić information content (AvgIpc) is 3.45. The van der Waals surface area contributed by atoms with Crippen molar-refractivity contribution in [3.05, 3.63) is 83.6 Å². The van der Waals surface area contributed by atoms with Crippen LogP contribution >= 0.6 is 0 Å². The maximum absolute atomic E-state index is 14.9. The lowest BCUT2D eigenvalue weighted by Crippen LogP contribution is -2.37. The smallest absolute Gasteiger partial charge is 0.270 e. The Hall–Kier alpha value is -4.25. The summed E-state index contributed by atoms with van der Waals surface area (Å²) in [6.45, 7) is 2.17. The first-order valence-electron chi connectivity index (χ1n) is 12.7. The number of carbonyl (C=O) groups is 1. The number of halogens is 3. The molecule has 3 aromatic rings. The molecule has 1 aromatic heterocycles. The van der Waals surface area contributed by atoms with Crippen molar-refractivity contribution in [2.24, 2.45) is 16.6 Å². The molecule has 1 fully saturated rings. The zero-order valence-corrected chi connectivity index (χ0v) is 21.1. The van der Waals surface area contributed by atoms with E-state index in [4.69, 9.17) is 5.73 Å². The molecule has 2 aliphatic heterocycles. The van der Waals surface area contributed by atoms with Crippen LogP contribution in [-0.4, -0.2) is 41.2 Å². The van der Waals surface area contributed by atoms with E-state index >= 15 is 0 Å². The van der Waals surface area contributed by atoms with Crippen LogP contribution in [0.2, 0.25) is 0 Å². The van der Waals surface area contributed by atoms with Crippen LogP contribution in [0.5, 0.6) is 0 Å². The van der Waals surface area contributed by atoms with Crippen LogP contribution < -0.4 is 21.3 Å². The van der Waals surface area contributed by atoms with Gasteiger partial charge in [0, 0.05) is 32.1 Å². The number of benzene rings is 2. The summed E-state index contributed by atoms with van der Waals surface area (Å²) in [6, 6.07) is 9.96. The Morgan fingerprint density at radius 1 is 1.03 bits per heavy atom. The summed E-state index contributed by atoms with van der Waals surface area (Å²) in [5.41, 5.74) is 8.38. The van der Waals surface area contributed by atoms with Gasteiger partial charge in [0.2, 0.25) is 0 Å². The summed E-state index contributed by atoms with van der Waals surface area (Å²) in [5.74, 6) is -1.76. The molecule has 0 spiro atoms. The molecule has 5 rings (SSSR count). The van der Waals surface area contributed by atoms with E-state index < -0.39 is 23.4 Å². The number of allylic oxidation sites excluding steroid dienone is 1. The summed E-state index contributed by atoms with van der Waals surface area (Å²) in [7, 11) is 0. The molecule has 0 radical (unpaired) electrons. The van der Waals surface area contributed by atoms with E-state index in [1.165, 1.54) is 18.5 Å². The van der Waals surface area contributed by atoms with Crippen LogP contribution in [0.3, 0.4) is 0 Å². The molecule has 1 amide bonds. The van der Waals surface area contributed by atoms with Crippen molar-refractivity contribution in [2.45, 2.75) is 25.8 Å². The molecule has 0 aliphatic carbocycles. The number of aromatic nitrogens is 2. The molecular weight excluding hydrogens is 507 g/mol. The van der Waals surface area contributed by atoms with E-state index in [1.54, 1.807) is 24.3 Å². The molecule has 1 saturated heterocycles. The van der Waals surface area contributed by atoms with Crippen LogP contribution in [0.25, 0.3) is 5.70 Å². The number of hydrogen-bond acceptors (Lipinski definition) is 7. The number of nitrogens with two attached hydrogens (primary N) is 1. The second kappa shape index (κ2) is 11.6. The fourth-order valence-electron chi connectivity index (χ4n) is 4.70. The summed E-state index contributed by atoms with van der Waals surface area (Å²) in [6.07, 6.45) is 5.16. The third kappa shape index (κ3) is 6.09. The summed E-state index contributed by atoms with van der Waals surface area (Å²) < 4.78 is 41.5. The zero-order valence-electron chi connectivity index (χ0n) is 21.1. The van der Waals surface area contributed by atoms with Gasteiger partial charge in [0.1, 0.15) is 23.7 Å². The van der Waals surface area contributed by atoms with E-state index in [-0.39, 0.29) is 18.7 Å². The van der Waals surface area contributed by atoms with Crippen LogP contribution in [0, 0.1) is 23.4 Å². The molecule has 11 heteroatoms. The molecule has 0 atom stereocenters. The monoisotopic (exact) mass is 535 g/mol. The minimum atomic E-state index is -0.921. The Morgan fingerprint density at radius 3 is 2.62 bits per heavy atom. The van der Waals surface area contributed by atoms with E-state index in [0.717, 1.165) is 25.0 Å². The Morgan fingerprint density at radius 2 is 1.85 bits per heavy atom. The lowest BCUT2D eigenvalue weighted by atomic mass is 9.96. The molecule has 8 nitrogen and oxygen atoms in total. The summed E-state index contributed by atoms with van der Waals surface area (Å²) >= 11 is 0. The quantitative estimate of drug-likeness (QED) is 0.392. The highest BCUT2D eigenvalue weighted by atomic mass is 19.2. The molecule has 202 valence electrons. The average molecular weight is 536 g/mol. The van der Waals surface area contributed by atoms with Crippen molar-refractivity contribution in [2.75, 3.05) is 35.2 Å². The molecular formula is C28H28F3N7O. The Bertz CT molecular complexity index is 1430. The maximum Gasteiger partial charge on any atom is 0.270 e. The SMILES string of the molecule is NCC1CCN(c2c(F)cccc2NC(=O)C2=NC(c3cc(NCc4ccc(F)c(F)c4)ncn3)=CC2)CC1. The second-order valence-electron chi connectivity index (χ2n) is 9.50. The number of carbonyl (C=O) groups excluding carboxylic acids is 1. The van der Waals surface area contributed by atoms with Crippen LogP contribution in [-0.2, 0) is 11.3 Å². The normalized spacial score (nSPS) is 15.6. The van der Waals surface area contributed by atoms with Crippen molar-refractivity contribution in [1.29, 1.82) is 0 Å². The number of piperidine rings is 1. The standard InChI is InChI=1S/C28H28F3N7O/c29-19-5-4-18(12-21(19)31)15-33-26-13-25(34-16-35-26)22-6-7-24(36-22)28(39)37-23-3-1-2-20(30)27(23)38-10-8-17(14-32)9-11-38/h1-6,12-13,16-17H,7-11,14-15,32H2,(H,37,39)(H,33,34,35). The third-order valence-electron chi connectivity index (χ3n) is 6.89. The summed E-state index contributed by atoms with van der Waals surface area (Å²) in [5, 5.41) is 5.88. The van der Waals surface area contributed by atoms with Gasteiger partial charge in [-0.2, -0.15) is 0 Å². The Balaban J connectivity index is 1.25. The molecule has 3 heterocycles. The molecule has 4 N–H and O–H groups in total. The van der Waals surface area contributed by atoms with Crippen molar-refractivity contribution in [1.82, 2.24) is 9.97 Å². The van der Waals surface area contributed by atoms with Gasteiger partial charge >= 0.3 is 0 Å². The topological polar surface area (TPSA) is 109 Å². The number of anilines is 3. The predicted octanol–water partition coefficient (Wildman–Crippen LogP) is 4.51. The van der Waals surface area contributed by atoms with E-state index in [2.05, 4.69) is 25.6 Å². The number of nitrogens with zero attached hydrogens (tertiary/aromatic N) is 4.